The lowest BCUT2D eigenvalue weighted by atomic mass is 10.1. The van der Waals surface area contributed by atoms with E-state index in [1.807, 2.05) is 0 Å². The summed E-state index contributed by atoms with van der Waals surface area (Å²) in [5.41, 5.74) is 0. The molecule has 0 radical (unpaired) electrons. The molecule has 1 rings (SSSR count). The molecule has 2 heteroatoms. The summed E-state index contributed by atoms with van der Waals surface area (Å²) < 4.78 is 0. The smallest absolute Gasteiger partial charge is 0.00489 e. The summed E-state index contributed by atoms with van der Waals surface area (Å²) >= 11 is 0. The highest BCUT2D eigenvalue weighted by Crippen LogP contribution is 2.08. The first-order valence-corrected chi connectivity index (χ1v) is 9.41. The Morgan fingerprint density at radius 2 is 0.450 bits per heavy atom. The van der Waals surface area contributed by atoms with Crippen LogP contribution in [0, 0.1) is 0 Å². The Balaban J connectivity index is 2.00. The van der Waals surface area contributed by atoms with E-state index in [0.29, 0.717) is 0 Å². The van der Waals surface area contributed by atoms with Crippen molar-refractivity contribution in [1.29, 1.82) is 0 Å². The molecule has 0 atom stereocenters. The summed E-state index contributed by atoms with van der Waals surface area (Å²) in [6.45, 7) is 4.96. The molecule has 0 amide bonds. The zero-order chi connectivity index (χ0) is 14.1. The van der Waals surface area contributed by atoms with Gasteiger partial charge in [-0.2, -0.15) is 0 Å². The fourth-order valence-electron chi connectivity index (χ4n) is 3.02. The van der Waals surface area contributed by atoms with Crippen LogP contribution < -0.4 is 10.6 Å². The molecule has 0 unspecified atom stereocenters. The minimum Gasteiger partial charge on any atom is -0.317 e. The molecule has 1 heterocycles. The van der Waals surface area contributed by atoms with E-state index in [9.17, 15) is 0 Å². The normalized spacial score (nSPS) is 24.0. The second kappa shape index (κ2) is 15.3. The summed E-state index contributed by atoms with van der Waals surface area (Å²) in [4.78, 5) is 0. The summed E-state index contributed by atoms with van der Waals surface area (Å²) in [7, 11) is 0. The van der Waals surface area contributed by atoms with Crippen LogP contribution in [0.3, 0.4) is 0 Å². The first-order chi connectivity index (χ1) is 10.0. The van der Waals surface area contributed by atoms with Gasteiger partial charge in [-0.05, 0) is 51.9 Å². The van der Waals surface area contributed by atoms with Crippen LogP contribution in [0.5, 0.6) is 0 Å². The van der Waals surface area contributed by atoms with Crippen LogP contribution in [0.1, 0.15) is 89.9 Å². The maximum Gasteiger partial charge on any atom is -0.00489 e. The molecule has 2 nitrogen and oxygen atoms in total. The highest BCUT2D eigenvalue weighted by atomic mass is 14.8. The molecule has 20 heavy (non-hydrogen) atoms. The fourth-order valence-corrected chi connectivity index (χ4v) is 3.02. The Kier molecular flexibility index (Phi) is 13.8. The fraction of sp³-hybridized carbons (Fsp3) is 1.00. The zero-order valence-corrected chi connectivity index (χ0v) is 13.7. The molecule has 0 spiro atoms. The van der Waals surface area contributed by atoms with Crippen molar-refractivity contribution in [1.82, 2.24) is 10.6 Å². The molecule has 0 aromatic rings. The molecular formula is C18H38N2. The van der Waals surface area contributed by atoms with Gasteiger partial charge in [-0.25, -0.2) is 0 Å². The molecule has 0 aromatic carbocycles. The summed E-state index contributed by atoms with van der Waals surface area (Å²) in [6, 6.07) is 0. The number of hydrogen-bond donors (Lipinski definition) is 2. The minimum absolute atomic E-state index is 1.24. The lowest BCUT2D eigenvalue weighted by Gasteiger charge is -2.07. The van der Waals surface area contributed by atoms with E-state index in [1.54, 1.807) is 0 Å². The van der Waals surface area contributed by atoms with Gasteiger partial charge in [0, 0.05) is 0 Å². The van der Waals surface area contributed by atoms with E-state index >= 15 is 0 Å². The van der Waals surface area contributed by atoms with E-state index in [0.717, 1.165) is 0 Å². The summed E-state index contributed by atoms with van der Waals surface area (Å²) in [5, 5.41) is 7.20. The van der Waals surface area contributed by atoms with Crippen molar-refractivity contribution in [2.45, 2.75) is 89.9 Å². The van der Waals surface area contributed by atoms with Gasteiger partial charge in [0.2, 0.25) is 0 Å². The van der Waals surface area contributed by atoms with Gasteiger partial charge in [0.1, 0.15) is 0 Å². The molecule has 120 valence electrons. The van der Waals surface area contributed by atoms with Crippen molar-refractivity contribution >= 4 is 0 Å². The van der Waals surface area contributed by atoms with E-state index < -0.39 is 0 Å². The molecule has 0 aliphatic carbocycles. The van der Waals surface area contributed by atoms with E-state index in [4.69, 9.17) is 0 Å². The van der Waals surface area contributed by atoms with Gasteiger partial charge >= 0.3 is 0 Å². The third-order valence-corrected chi connectivity index (χ3v) is 4.41. The lowest BCUT2D eigenvalue weighted by Crippen LogP contribution is -2.17. The van der Waals surface area contributed by atoms with Gasteiger partial charge in [-0.3, -0.25) is 0 Å². The maximum atomic E-state index is 3.60. The van der Waals surface area contributed by atoms with Gasteiger partial charge < -0.3 is 10.6 Å². The third kappa shape index (κ3) is 12.9. The van der Waals surface area contributed by atoms with Gasteiger partial charge in [0.25, 0.3) is 0 Å². The van der Waals surface area contributed by atoms with Crippen molar-refractivity contribution < 1.29 is 0 Å². The highest BCUT2D eigenvalue weighted by molar-refractivity contribution is 4.54. The monoisotopic (exact) mass is 282 g/mol. The Bertz CT molecular complexity index is 95.8. The quantitative estimate of drug-likeness (QED) is 0.676. The van der Waals surface area contributed by atoms with Crippen molar-refractivity contribution in [3.8, 4) is 0 Å². The molecular weight excluding hydrogens is 244 g/mol. The Morgan fingerprint density at radius 3 is 0.700 bits per heavy atom. The van der Waals surface area contributed by atoms with Crippen molar-refractivity contribution in [2.24, 2.45) is 0 Å². The Morgan fingerprint density at radius 1 is 0.250 bits per heavy atom. The second-order valence-corrected chi connectivity index (χ2v) is 6.45. The largest absolute Gasteiger partial charge is 0.317 e. The molecule has 1 aliphatic heterocycles. The molecule has 1 saturated heterocycles. The second-order valence-electron chi connectivity index (χ2n) is 6.45. The predicted molar refractivity (Wildman–Crippen MR) is 90.4 cm³/mol. The van der Waals surface area contributed by atoms with Crippen molar-refractivity contribution in [3.63, 3.8) is 0 Å². The summed E-state index contributed by atoms with van der Waals surface area (Å²) in [6.07, 6.45) is 19.8. The van der Waals surface area contributed by atoms with Gasteiger partial charge in [0.05, 0.1) is 0 Å². The van der Waals surface area contributed by atoms with Crippen LogP contribution in [-0.4, -0.2) is 26.2 Å². The number of hydrogen-bond acceptors (Lipinski definition) is 2. The molecule has 1 aliphatic rings. The van der Waals surface area contributed by atoms with Crippen LogP contribution in [-0.2, 0) is 0 Å². The first-order valence-electron chi connectivity index (χ1n) is 9.41. The molecule has 1 fully saturated rings. The average molecular weight is 283 g/mol. The molecule has 0 saturated carbocycles. The van der Waals surface area contributed by atoms with Crippen molar-refractivity contribution in [3.05, 3.63) is 0 Å². The Hall–Kier alpha value is -0.0800. The number of rotatable bonds is 0. The van der Waals surface area contributed by atoms with Crippen LogP contribution >= 0.6 is 0 Å². The minimum atomic E-state index is 1.24. The van der Waals surface area contributed by atoms with E-state index in [1.165, 1.54) is 116 Å². The van der Waals surface area contributed by atoms with Crippen LogP contribution in [0.15, 0.2) is 0 Å². The van der Waals surface area contributed by atoms with E-state index in [2.05, 4.69) is 10.6 Å². The zero-order valence-electron chi connectivity index (χ0n) is 13.7. The standard InChI is InChI=1S/C18H38N2/c1-2-4-8-12-16-20-18-14-10-6-5-9-13-17-19-15-11-7-3-1/h19-20H,1-18H2. The first kappa shape index (κ1) is 18.0. The predicted octanol–water partition coefficient (Wildman–Crippen LogP) is 4.64. The maximum absolute atomic E-state index is 3.60. The summed E-state index contributed by atoms with van der Waals surface area (Å²) in [5.74, 6) is 0. The third-order valence-electron chi connectivity index (χ3n) is 4.41. The van der Waals surface area contributed by atoms with Crippen molar-refractivity contribution in [2.75, 3.05) is 26.2 Å². The van der Waals surface area contributed by atoms with Crippen LogP contribution in [0.25, 0.3) is 0 Å². The molecule has 0 aromatic heterocycles. The van der Waals surface area contributed by atoms with Crippen LogP contribution in [0.2, 0.25) is 0 Å². The molecule has 0 bridgehead atoms. The SMILES string of the molecule is C1CCCCCNCCCCCCCCNCCCC1. The topological polar surface area (TPSA) is 24.1 Å². The average Bonchev–Trinajstić information content (AvgIpc) is 2.46. The van der Waals surface area contributed by atoms with E-state index in [-0.39, 0.29) is 0 Å². The van der Waals surface area contributed by atoms with Crippen LogP contribution in [0.4, 0.5) is 0 Å². The van der Waals surface area contributed by atoms with Gasteiger partial charge in [-0.1, -0.05) is 64.2 Å². The number of nitrogens with one attached hydrogen (secondary N) is 2. The lowest BCUT2D eigenvalue weighted by molar-refractivity contribution is 0.514. The van der Waals surface area contributed by atoms with Gasteiger partial charge in [-0.15, -0.1) is 0 Å². The van der Waals surface area contributed by atoms with Gasteiger partial charge in [0.15, 0.2) is 0 Å². The highest BCUT2D eigenvalue weighted by Gasteiger charge is 1.95. The molecule has 2 N–H and O–H groups in total. The Labute approximate surface area is 127 Å².